The summed E-state index contributed by atoms with van der Waals surface area (Å²) in [6, 6.07) is 6.05. The molecule has 1 atom stereocenters. The molecule has 1 fully saturated rings. The van der Waals surface area contributed by atoms with Gasteiger partial charge in [0.05, 0.1) is 5.69 Å². The Morgan fingerprint density at radius 1 is 1.32 bits per heavy atom. The minimum absolute atomic E-state index is 0.132. The van der Waals surface area contributed by atoms with Crippen molar-refractivity contribution in [2.45, 2.75) is 51.2 Å². The van der Waals surface area contributed by atoms with Crippen LogP contribution < -0.4 is 20.7 Å². The van der Waals surface area contributed by atoms with Crippen molar-refractivity contribution in [2.24, 2.45) is 0 Å². The summed E-state index contributed by atoms with van der Waals surface area (Å²) in [5.41, 5.74) is 1.51. The first-order valence-electron chi connectivity index (χ1n) is 7.81. The number of benzene rings is 1. The van der Waals surface area contributed by atoms with E-state index in [1.807, 2.05) is 18.2 Å². The Morgan fingerprint density at radius 3 is 2.86 bits per heavy atom. The van der Waals surface area contributed by atoms with Crippen molar-refractivity contribution in [3.8, 4) is 5.75 Å². The lowest BCUT2D eigenvalue weighted by molar-refractivity contribution is -0.122. The molecule has 1 aromatic rings. The molecule has 1 aliphatic carbocycles. The van der Waals surface area contributed by atoms with Crippen LogP contribution in [0.3, 0.4) is 0 Å². The number of rotatable bonds is 2. The van der Waals surface area contributed by atoms with Crippen LogP contribution in [0.25, 0.3) is 0 Å². The largest absolute Gasteiger partial charge is 0.479 e. The van der Waals surface area contributed by atoms with Crippen LogP contribution >= 0.6 is 12.2 Å². The third-order valence-electron chi connectivity index (χ3n) is 4.11. The molecule has 1 aliphatic heterocycles. The Bertz CT molecular complexity index is 585. The van der Waals surface area contributed by atoms with Gasteiger partial charge in [-0.1, -0.05) is 19.3 Å². The van der Waals surface area contributed by atoms with Gasteiger partial charge in [-0.15, -0.1) is 0 Å². The quantitative estimate of drug-likeness (QED) is 0.732. The minimum Gasteiger partial charge on any atom is -0.479 e. The van der Waals surface area contributed by atoms with E-state index in [0.29, 0.717) is 22.6 Å². The van der Waals surface area contributed by atoms with E-state index in [2.05, 4.69) is 16.0 Å². The number of hydrogen-bond acceptors (Lipinski definition) is 3. The molecule has 3 N–H and O–H groups in total. The highest BCUT2D eigenvalue weighted by Gasteiger charge is 2.23. The molecule has 0 unspecified atom stereocenters. The molecule has 0 radical (unpaired) electrons. The molecule has 0 bridgehead atoms. The van der Waals surface area contributed by atoms with Gasteiger partial charge in [0.1, 0.15) is 5.75 Å². The van der Waals surface area contributed by atoms with Crippen molar-refractivity contribution in [3.63, 3.8) is 0 Å². The van der Waals surface area contributed by atoms with Gasteiger partial charge >= 0.3 is 0 Å². The Balaban J connectivity index is 1.62. The van der Waals surface area contributed by atoms with Crippen molar-refractivity contribution in [2.75, 3.05) is 10.6 Å². The average Bonchev–Trinajstić information content (AvgIpc) is 2.49. The first-order chi connectivity index (χ1) is 10.6. The molecular weight excluding hydrogens is 298 g/mol. The predicted molar refractivity (Wildman–Crippen MR) is 91.4 cm³/mol. The Hall–Kier alpha value is -1.82. The monoisotopic (exact) mass is 319 g/mol. The summed E-state index contributed by atoms with van der Waals surface area (Å²) < 4.78 is 5.54. The fraction of sp³-hybridized carbons (Fsp3) is 0.500. The molecule has 0 aromatic heterocycles. The Labute approximate surface area is 135 Å². The van der Waals surface area contributed by atoms with Gasteiger partial charge in [0.15, 0.2) is 11.2 Å². The summed E-state index contributed by atoms with van der Waals surface area (Å²) in [5.74, 6) is 0.552. The number of anilines is 2. The number of ether oxygens (including phenoxy) is 1. The molecule has 2 aliphatic rings. The SMILES string of the molecule is C[C@H]1Oc2ccc(NC(=S)NC3CCCCC3)cc2NC1=O. The van der Waals surface area contributed by atoms with Gasteiger partial charge in [-0.3, -0.25) is 4.79 Å². The second kappa shape index (κ2) is 6.52. The molecule has 118 valence electrons. The van der Waals surface area contributed by atoms with Crippen LogP contribution in [0.4, 0.5) is 11.4 Å². The molecule has 6 heteroatoms. The van der Waals surface area contributed by atoms with Crippen LogP contribution in [-0.2, 0) is 4.79 Å². The second-order valence-corrected chi connectivity index (χ2v) is 6.30. The maximum atomic E-state index is 11.7. The highest BCUT2D eigenvalue weighted by atomic mass is 32.1. The maximum Gasteiger partial charge on any atom is 0.265 e. The van der Waals surface area contributed by atoms with Gasteiger partial charge in [-0.05, 0) is 50.2 Å². The van der Waals surface area contributed by atoms with Crippen LogP contribution in [0.5, 0.6) is 5.75 Å². The molecule has 0 spiro atoms. The van der Waals surface area contributed by atoms with Crippen LogP contribution in [0, 0.1) is 0 Å². The van der Waals surface area contributed by atoms with E-state index in [4.69, 9.17) is 17.0 Å². The molecular formula is C16H21N3O2S. The van der Waals surface area contributed by atoms with Crippen molar-refractivity contribution in [3.05, 3.63) is 18.2 Å². The van der Waals surface area contributed by atoms with E-state index in [-0.39, 0.29) is 5.91 Å². The first kappa shape index (κ1) is 15.1. The van der Waals surface area contributed by atoms with E-state index < -0.39 is 6.10 Å². The lowest BCUT2D eigenvalue weighted by Gasteiger charge is -2.25. The third-order valence-corrected chi connectivity index (χ3v) is 4.33. The molecule has 3 rings (SSSR count). The molecule has 0 saturated heterocycles. The Kier molecular flexibility index (Phi) is 4.47. The zero-order valence-electron chi connectivity index (χ0n) is 12.6. The molecule has 22 heavy (non-hydrogen) atoms. The number of thiocarbonyl (C=S) groups is 1. The van der Waals surface area contributed by atoms with Gasteiger partial charge in [-0.2, -0.15) is 0 Å². The van der Waals surface area contributed by atoms with Crippen LogP contribution in [-0.4, -0.2) is 23.2 Å². The molecule has 1 amide bonds. The van der Waals surface area contributed by atoms with Crippen molar-refractivity contribution < 1.29 is 9.53 Å². The maximum absolute atomic E-state index is 11.7. The van der Waals surface area contributed by atoms with Crippen LogP contribution in [0.15, 0.2) is 18.2 Å². The lowest BCUT2D eigenvalue weighted by atomic mass is 9.96. The summed E-state index contributed by atoms with van der Waals surface area (Å²) in [6.45, 7) is 1.73. The summed E-state index contributed by atoms with van der Waals surface area (Å²) in [7, 11) is 0. The number of carbonyl (C=O) groups excluding carboxylic acids is 1. The van der Waals surface area contributed by atoms with E-state index in [0.717, 1.165) is 5.69 Å². The van der Waals surface area contributed by atoms with E-state index in [1.165, 1.54) is 32.1 Å². The number of nitrogens with one attached hydrogen (secondary N) is 3. The van der Waals surface area contributed by atoms with E-state index >= 15 is 0 Å². The predicted octanol–water partition coefficient (Wildman–Crippen LogP) is 3.03. The smallest absolute Gasteiger partial charge is 0.265 e. The van der Waals surface area contributed by atoms with Gasteiger partial charge in [0.2, 0.25) is 0 Å². The fourth-order valence-electron chi connectivity index (χ4n) is 2.89. The third kappa shape index (κ3) is 3.50. The minimum atomic E-state index is -0.458. The summed E-state index contributed by atoms with van der Waals surface area (Å²) in [4.78, 5) is 11.7. The zero-order valence-corrected chi connectivity index (χ0v) is 13.5. The normalized spacial score (nSPS) is 21.3. The molecule has 1 heterocycles. The van der Waals surface area contributed by atoms with E-state index in [1.54, 1.807) is 6.92 Å². The molecule has 5 nitrogen and oxygen atoms in total. The van der Waals surface area contributed by atoms with Gasteiger partial charge < -0.3 is 20.7 Å². The van der Waals surface area contributed by atoms with Crippen molar-refractivity contribution in [1.82, 2.24) is 5.32 Å². The van der Waals surface area contributed by atoms with Gasteiger partial charge in [-0.25, -0.2) is 0 Å². The molecule has 1 saturated carbocycles. The molecule has 1 aromatic carbocycles. The van der Waals surface area contributed by atoms with Crippen molar-refractivity contribution in [1.29, 1.82) is 0 Å². The number of fused-ring (bicyclic) bond motifs is 1. The van der Waals surface area contributed by atoms with Crippen LogP contribution in [0.1, 0.15) is 39.0 Å². The summed E-state index contributed by atoms with van der Waals surface area (Å²) >= 11 is 5.37. The van der Waals surface area contributed by atoms with E-state index in [9.17, 15) is 4.79 Å². The van der Waals surface area contributed by atoms with Gasteiger partial charge in [0.25, 0.3) is 5.91 Å². The zero-order chi connectivity index (χ0) is 15.5. The summed E-state index contributed by atoms with van der Waals surface area (Å²) in [6.07, 6.45) is 5.74. The number of amides is 1. The highest BCUT2D eigenvalue weighted by Crippen LogP contribution is 2.32. The number of carbonyl (C=O) groups is 1. The summed E-state index contributed by atoms with van der Waals surface area (Å²) in [5, 5.41) is 10.0. The lowest BCUT2D eigenvalue weighted by Crippen LogP contribution is -2.39. The highest BCUT2D eigenvalue weighted by molar-refractivity contribution is 7.80. The van der Waals surface area contributed by atoms with Crippen LogP contribution in [0.2, 0.25) is 0 Å². The fourth-order valence-corrected chi connectivity index (χ4v) is 3.17. The first-order valence-corrected chi connectivity index (χ1v) is 8.22. The number of hydrogen-bond donors (Lipinski definition) is 3. The second-order valence-electron chi connectivity index (χ2n) is 5.89. The standard InChI is InChI=1S/C16H21N3O2S/c1-10-15(20)19-13-9-12(7-8-14(13)21-10)18-16(22)17-11-5-3-2-4-6-11/h7-11H,2-6H2,1H3,(H,19,20)(H2,17,18,22)/t10-/m1/s1. The average molecular weight is 319 g/mol. The Morgan fingerprint density at radius 2 is 2.09 bits per heavy atom. The topological polar surface area (TPSA) is 62.4 Å². The van der Waals surface area contributed by atoms with Gasteiger partial charge in [0, 0.05) is 11.7 Å². The van der Waals surface area contributed by atoms with Crippen molar-refractivity contribution >= 4 is 34.6 Å².